The highest BCUT2D eigenvalue weighted by atomic mass is 16.4. The Morgan fingerprint density at radius 3 is 2.58 bits per heavy atom. The van der Waals surface area contributed by atoms with Crippen molar-refractivity contribution in [2.45, 2.75) is 26.2 Å². The maximum atomic E-state index is 11.0. The van der Waals surface area contributed by atoms with Gasteiger partial charge in [-0.25, -0.2) is 4.79 Å². The highest BCUT2D eigenvalue weighted by Gasteiger charge is 2.07. The van der Waals surface area contributed by atoms with Crippen LogP contribution >= 0.6 is 0 Å². The van der Waals surface area contributed by atoms with Crippen LogP contribution in [0.25, 0.3) is 10.9 Å². The van der Waals surface area contributed by atoms with Crippen molar-refractivity contribution in [1.82, 2.24) is 4.98 Å². The molecule has 0 aliphatic carbocycles. The van der Waals surface area contributed by atoms with E-state index in [1.807, 2.05) is 24.3 Å². The number of benzene rings is 2. The quantitative estimate of drug-likeness (QED) is 0.669. The number of carboxylic acid groups (broad SMARTS) is 1. The molecule has 0 fully saturated rings. The molecule has 0 saturated carbocycles. The van der Waals surface area contributed by atoms with E-state index in [1.165, 1.54) is 0 Å². The van der Waals surface area contributed by atoms with Crippen molar-refractivity contribution in [2.24, 2.45) is 0 Å². The zero-order valence-corrected chi connectivity index (χ0v) is 13.6. The Balaban J connectivity index is 1.96. The van der Waals surface area contributed by atoms with Crippen molar-refractivity contribution < 1.29 is 9.90 Å². The van der Waals surface area contributed by atoms with Gasteiger partial charge in [-0.2, -0.15) is 0 Å². The number of hydrogen-bond donors (Lipinski definition) is 2. The fourth-order valence-electron chi connectivity index (χ4n) is 2.67. The van der Waals surface area contributed by atoms with Crippen molar-refractivity contribution >= 4 is 28.2 Å². The second-order valence-corrected chi connectivity index (χ2v) is 5.79. The molecule has 2 aromatic carbocycles. The first-order valence-electron chi connectivity index (χ1n) is 8.16. The van der Waals surface area contributed by atoms with E-state index in [4.69, 9.17) is 10.1 Å². The Hall–Kier alpha value is -2.88. The molecule has 3 aromatic rings. The predicted molar refractivity (Wildman–Crippen MR) is 97.0 cm³/mol. The van der Waals surface area contributed by atoms with Gasteiger partial charge in [-0.1, -0.05) is 31.5 Å². The minimum Gasteiger partial charge on any atom is -0.478 e. The van der Waals surface area contributed by atoms with E-state index in [-0.39, 0.29) is 5.56 Å². The van der Waals surface area contributed by atoms with Crippen molar-refractivity contribution in [3.8, 4) is 0 Å². The van der Waals surface area contributed by atoms with Gasteiger partial charge in [0, 0.05) is 22.5 Å². The smallest absolute Gasteiger partial charge is 0.335 e. The highest BCUT2D eigenvalue weighted by Crippen LogP contribution is 2.27. The van der Waals surface area contributed by atoms with Gasteiger partial charge < -0.3 is 10.4 Å². The predicted octanol–water partition coefficient (Wildman–Crippen LogP) is 5.02. The first kappa shape index (κ1) is 16.0. The van der Waals surface area contributed by atoms with Crippen LogP contribution in [0.1, 0.15) is 35.8 Å². The molecule has 0 aliphatic rings. The summed E-state index contributed by atoms with van der Waals surface area (Å²) in [5.41, 5.74) is 4.17. The van der Waals surface area contributed by atoms with Gasteiger partial charge in [0.25, 0.3) is 0 Å². The van der Waals surface area contributed by atoms with Crippen molar-refractivity contribution in [1.29, 1.82) is 0 Å². The molecule has 0 unspecified atom stereocenters. The number of aromatic nitrogens is 1. The summed E-state index contributed by atoms with van der Waals surface area (Å²) in [6.07, 6.45) is 3.19. The fourth-order valence-corrected chi connectivity index (χ4v) is 2.67. The molecule has 0 amide bonds. The van der Waals surface area contributed by atoms with Crippen LogP contribution in [0.5, 0.6) is 0 Å². The SMILES string of the molecule is CCCCc1cc(Nc2ccc(C(=O)O)cc2)c2ccccc2n1. The Kier molecular flexibility index (Phi) is 4.75. The second kappa shape index (κ2) is 7.13. The molecule has 0 spiro atoms. The molecule has 2 N–H and O–H groups in total. The number of carboxylic acids is 1. The van der Waals surface area contributed by atoms with Crippen molar-refractivity contribution in [2.75, 3.05) is 5.32 Å². The summed E-state index contributed by atoms with van der Waals surface area (Å²) in [4.78, 5) is 15.7. The fraction of sp³-hybridized carbons (Fsp3) is 0.200. The number of anilines is 2. The third-order valence-corrected chi connectivity index (χ3v) is 3.97. The molecule has 4 heteroatoms. The standard InChI is InChI=1S/C20H20N2O2/c1-2-3-6-16-13-19(17-7-4-5-8-18(17)22-16)21-15-11-9-14(10-12-15)20(23)24/h4-5,7-13H,2-3,6H2,1H3,(H,21,22)(H,23,24). The minimum absolute atomic E-state index is 0.281. The lowest BCUT2D eigenvalue weighted by atomic mass is 10.1. The molecule has 1 heterocycles. The molecule has 0 radical (unpaired) electrons. The number of fused-ring (bicyclic) bond motifs is 1. The lowest BCUT2D eigenvalue weighted by Gasteiger charge is -2.12. The first-order chi connectivity index (χ1) is 11.7. The summed E-state index contributed by atoms with van der Waals surface area (Å²) < 4.78 is 0. The summed E-state index contributed by atoms with van der Waals surface area (Å²) in [6.45, 7) is 2.17. The molecule has 0 aliphatic heterocycles. The van der Waals surface area contributed by atoms with Crippen LogP contribution in [0.3, 0.4) is 0 Å². The van der Waals surface area contributed by atoms with Crippen LogP contribution in [-0.4, -0.2) is 16.1 Å². The molecule has 24 heavy (non-hydrogen) atoms. The topological polar surface area (TPSA) is 62.2 Å². The number of nitrogens with zero attached hydrogens (tertiary/aromatic N) is 1. The Morgan fingerprint density at radius 1 is 1.12 bits per heavy atom. The van der Waals surface area contributed by atoms with Gasteiger partial charge in [0.05, 0.1) is 11.1 Å². The van der Waals surface area contributed by atoms with Crippen LogP contribution in [0, 0.1) is 0 Å². The average Bonchev–Trinajstić information content (AvgIpc) is 2.60. The largest absolute Gasteiger partial charge is 0.478 e. The van der Waals surface area contributed by atoms with Gasteiger partial charge in [-0.15, -0.1) is 0 Å². The molecule has 0 saturated heterocycles. The molecule has 3 rings (SSSR count). The number of para-hydroxylation sites is 1. The Bertz CT molecular complexity index is 857. The number of nitrogens with one attached hydrogen (secondary N) is 1. The summed E-state index contributed by atoms with van der Waals surface area (Å²) in [5, 5.41) is 13.4. The maximum absolute atomic E-state index is 11.0. The summed E-state index contributed by atoms with van der Waals surface area (Å²) >= 11 is 0. The summed E-state index contributed by atoms with van der Waals surface area (Å²) in [6, 6.07) is 16.9. The number of unbranched alkanes of at least 4 members (excludes halogenated alkanes) is 1. The van der Waals surface area contributed by atoms with Crippen LogP contribution in [-0.2, 0) is 6.42 Å². The number of pyridine rings is 1. The second-order valence-electron chi connectivity index (χ2n) is 5.79. The average molecular weight is 320 g/mol. The minimum atomic E-state index is -0.919. The van der Waals surface area contributed by atoms with Gasteiger partial charge in [0.1, 0.15) is 0 Å². The van der Waals surface area contributed by atoms with Gasteiger partial charge in [-0.3, -0.25) is 4.98 Å². The molecule has 122 valence electrons. The summed E-state index contributed by atoms with van der Waals surface area (Å²) in [5.74, 6) is -0.919. The van der Waals surface area contributed by atoms with E-state index >= 15 is 0 Å². The lowest BCUT2D eigenvalue weighted by Crippen LogP contribution is -1.99. The zero-order valence-electron chi connectivity index (χ0n) is 13.6. The number of rotatable bonds is 6. The van der Waals surface area contributed by atoms with Gasteiger partial charge in [0.2, 0.25) is 0 Å². The van der Waals surface area contributed by atoms with E-state index in [1.54, 1.807) is 24.3 Å². The number of carbonyl (C=O) groups is 1. The van der Waals surface area contributed by atoms with E-state index in [9.17, 15) is 4.79 Å². The third-order valence-electron chi connectivity index (χ3n) is 3.97. The molecule has 1 aromatic heterocycles. The summed E-state index contributed by atoms with van der Waals surface area (Å²) in [7, 11) is 0. The molecular formula is C20H20N2O2. The Labute approximate surface area is 141 Å². The van der Waals surface area contributed by atoms with Crippen LogP contribution in [0.4, 0.5) is 11.4 Å². The van der Waals surface area contributed by atoms with E-state index < -0.39 is 5.97 Å². The molecule has 4 nitrogen and oxygen atoms in total. The normalized spacial score (nSPS) is 10.7. The zero-order chi connectivity index (χ0) is 16.9. The maximum Gasteiger partial charge on any atom is 0.335 e. The monoisotopic (exact) mass is 320 g/mol. The third kappa shape index (κ3) is 3.54. The van der Waals surface area contributed by atoms with Crippen LogP contribution in [0.15, 0.2) is 54.6 Å². The van der Waals surface area contributed by atoms with E-state index in [0.29, 0.717) is 0 Å². The van der Waals surface area contributed by atoms with Crippen LogP contribution < -0.4 is 5.32 Å². The molecule has 0 bridgehead atoms. The van der Waals surface area contributed by atoms with Crippen molar-refractivity contribution in [3.63, 3.8) is 0 Å². The first-order valence-corrected chi connectivity index (χ1v) is 8.16. The van der Waals surface area contributed by atoms with Gasteiger partial charge in [0.15, 0.2) is 0 Å². The Morgan fingerprint density at radius 2 is 1.88 bits per heavy atom. The van der Waals surface area contributed by atoms with Gasteiger partial charge >= 0.3 is 5.97 Å². The van der Waals surface area contributed by atoms with E-state index in [2.05, 4.69) is 18.3 Å². The highest BCUT2D eigenvalue weighted by molar-refractivity contribution is 5.93. The number of aromatic carboxylic acids is 1. The molecular weight excluding hydrogens is 300 g/mol. The molecule has 0 atom stereocenters. The number of aryl methyl sites for hydroxylation is 1. The van der Waals surface area contributed by atoms with E-state index in [0.717, 1.165) is 47.2 Å². The number of hydrogen-bond acceptors (Lipinski definition) is 3. The van der Waals surface area contributed by atoms with Gasteiger partial charge in [-0.05, 0) is 49.2 Å². The lowest BCUT2D eigenvalue weighted by molar-refractivity contribution is 0.0697. The van der Waals surface area contributed by atoms with Crippen LogP contribution in [0.2, 0.25) is 0 Å². The van der Waals surface area contributed by atoms with Crippen molar-refractivity contribution in [3.05, 3.63) is 65.9 Å².